The van der Waals surface area contributed by atoms with Crippen molar-refractivity contribution in [3.63, 3.8) is 0 Å². The Morgan fingerprint density at radius 2 is 2.25 bits per heavy atom. The largest absolute Gasteiger partial charge is 0.345 e. The predicted octanol–water partition coefficient (Wildman–Crippen LogP) is 2.95. The highest BCUT2D eigenvalue weighted by Gasteiger charge is 2.36. The zero-order chi connectivity index (χ0) is 14.9. The number of carbonyl (C=O) groups excluding carboxylic acids is 1. The fourth-order valence-corrected chi connectivity index (χ4v) is 3.64. The molecule has 0 aromatic carbocycles. The van der Waals surface area contributed by atoms with Gasteiger partial charge in [0.25, 0.3) is 5.91 Å². The van der Waals surface area contributed by atoms with E-state index in [1.165, 1.54) is 6.42 Å². The lowest BCUT2D eigenvalue weighted by Crippen LogP contribution is -2.52. The first kappa shape index (κ1) is 15.4. The van der Waals surface area contributed by atoms with Gasteiger partial charge in [0, 0.05) is 18.6 Å². The number of rotatable bonds is 3. The van der Waals surface area contributed by atoms with E-state index in [1.54, 1.807) is 4.68 Å². The van der Waals surface area contributed by atoms with Gasteiger partial charge in [0.1, 0.15) is 0 Å². The molecule has 4 nitrogen and oxygen atoms in total. The van der Waals surface area contributed by atoms with Gasteiger partial charge in [-0.1, -0.05) is 19.8 Å². The first-order valence-electron chi connectivity index (χ1n) is 7.27. The third kappa shape index (κ3) is 2.85. The smallest absolute Gasteiger partial charge is 0.255 e. The number of hydrogen-bond donors (Lipinski definition) is 1. The van der Waals surface area contributed by atoms with E-state index in [-0.39, 0.29) is 11.4 Å². The standard InChI is InChI=1S/C15H24ClN3O/c1-10-6-5-7-15(8-10,9-16)17-14(20)13-11(2)18-19(4)12(13)3/h10H,5-9H2,1-4H3,(H,17,20). The van der Waals surface area contributed by atoms with Crippen LogP contribution in [0.4, 0.5) is 0 Å². The molecule has 5 heteroatoms. The fourth-order valence-electron chi connectivity index (χ4n) is 3.33. The molecule has 0 radical (unpaired) electrons. The maximum atomic E-state index is 12.6. The van der Waals surface area contributed by atoms with Crippen molar-refractivity contribution in [1.82, 2.24) is 15.1 Å². The Balaban J connectivity index is 2.21. The predicted molar refractivity (Wildman–Crippen MR) is 81.2 cm³/mol. The topological polar surface area (TPSA) is 46.9 Å². The highest BCUT2D eigenvalue weighted by molar-refractivity contribution is 6.19. The molecule has 112 valence electrons. The molecule has 2 rings (SSSR count). The third-order valence-corrected chi connectivity index (χ3v) is 4.97. The molecule has 0 spiro atoms. The summed E-state index contributed by atoms with van der Waals surface area (Å²) < 4.78 is 1.75. The zero-order valence-electron chi connectivity index (χ0n) is 12.8. The van der Waals surface area contributed by atoms with E-state index in [4.69, 9.17) is 11.6 Å². The van der Waals surface area contributed by atoms with Crippen LogP contribution in [0.2, 0.25) is 0 Å². The lowest BCUT2D eigenvalue weighted by Gasteiger charge is -2.39. The minimum atomic E-state index is -0.259. The summed E-state index contributed by atoms with van der Waals surface area (Å²) in [6, 6.07) is 0. The molecule has 20 heavy (non-hydrogen) atoms. The van der Waals surface area contributed by atoms with Gasteiger partial charge in [0.2, 0.25) is 0 Å². The Morgan fingerprint density at radius 1 is 1.55 bits per heavy atom. The van der Waals surface area contributed by atoms with Crippen LogP contribution in [0, 0.1) is 19.8 Å². The second-order valence-corrected chi connectivity index (χ2v) is 6.51. The van der Waals surface area contributed by atoms with Crippen LogP contribution in [0.5, 0.6) is 0 Å². The van der Waals surface area contributed by atoms with Crippen molar-refractivity contribution in [3.05, 3.63) is 17.0 Å². The van der Waals surface area contributed by atoms with Crippen LogP contribution in [-0.4, -0.2) is 27.1 Å². The number of carbonyl (C=O) groups is 1. The van der Waals surface area contributed by atoms with Gasteiger partial charge in [-0.25, -0.2) is 0 Å². The molecule has 0 bridgehead atoms. The molecule has 2 atom stereocenters. The molecule has 1 aromatic heterocycles. The molecule has 1 saturated carbocycles. The van der Waals surface area contributed by atoms with Gasteiger partial charge in [0.15, 0.2) is 0 Å². The Kier molecular flexibility index (Phi) is 4.43. The van der Waals surface area contributed by atoms with Crippen LogP contribution in [-0.2, 0) is 7.05 Å². The van der Waals surface area contributed by atoms with E-state index in [1.807, 2.05) is 20.9 Å². The van der Waals surface area contributed by atoms with E-state index in [9.17, 15) is 4.79 Å². The monoisotopic (exact) mass is 297 g/mol. The van der Waals surface area contributed by atoms with Gasteiger partial charge in [-0.15, -0.1) is 11.6 Å². The first-order valence-corrected chi connectivity index (χ1v) is 7.80. The summed E-state index contributed by atoms with van der Waals surface area (Å²) in [6.07, 6.45) is 4.27. The molecule has 1 N–H and O–H groups in total. The van der Waals surface area contributed by atoms with Crippen molar-refractivity contribution in [1.29, 1.82) is 0 Å². The molecule has 1 aliphatic rings. The highest BCUT2D eigenvalue weighted by Crippen LogP contribution is 2.33. The van der Waals surface area contributed by atoms with Crippen LogP contribution < -0.4 is 5.32 Å². The first-order chi connectivity index (χ1) is 9.38. The molecule has 2 unspecified atom stereocenters. The van der Waals surface area contributed by atoms with E-state index < -0.39 is 0 Å². The van der Waals surface area contributed by atoms with E-state index >= 15 is 0 Å². The van der Waals surface area contributed by atoms with Crippen molar-refractivity contribution in [2.45, 2.75) is 52.0 Å². The van der Waals surface area contributed by atoms with Gasteiger partial charge < -0.3 is 5.32 Å². The van der Waals surface area contributed by atoms with Crippen molar-refractivity contribution < 1.29 is 4.79 Å². The molecule has 1 amide bonds. The summed E-state index contributed by atoms with van der Waals surface area (Å²) in [5.41, 5.74) is 2.10. The number of amides is 1. The van der Waals surface area contributed by atoms with Crippen molar-refractivity contribution in [2.24, 2.45) is 13.0 Å². The lowest BCUT2D eigenvalue weighted by molar-refractivity contribution is 0.0866. The SMILES string of the molecule is Cc1nn(C)c(C)c1C(=O)NC1(CCl)CCCC(C)C1. The summed E-state index contributed by atoms with van der Waals surface area (Å²) in [5.74, 6) is 1.04. The molecule has 1 fully saturated rings. The van der Waals surface area contributed by atoms with Gasteiger partial charge in [0.05, 0.1) is 16.8 Å². The zero-order valence-corrected chi connectivity index (χ0v) is 13.5. The van der Waals surface area contributed by atoms with Gasteiger partial charge in [-0.05, 0) is 32.6 Å². The maximum Gasteiger partial charge on any atom is 0.255 e. The van der Waals surface area contributed by atoms with Crippen molar-refractivity contribution in [3.8, 4) is 0 Å². The molecule has 0 aliphatic heterocycles. The molecular weight excluding hydrogens is 274 g/mol. The second-order valence-electron chi connectivity index (χ2n) is 6.24. The quantitative estimate of drug-likeness (QED) is 0.872. The average Bonchev–Trinajstić information content (AvgIpc) is 2.63. The molecule has 1 aromatic rings. The summed E-state index contributed by atoms with van der Waals surface area (Å²) in [4.78, 5) is 12.6. The van der Waals surface area contributed by atoms with Crippen LogP contribution in [0.3, 0.4) is 0 Å². The Bertz CT molecular complexity index is 511. The van der Waals surface area contributed by atoms with Crippen molar-refractivity contribution >= 4 is 17.5 Å². The lowest BCUT2D eigenvalue weighted by atomic mass is 9.77. The van der Waals surface area contributed by atoms with Gasteiger partial charge in [-0.3, -0.25) is 9.48 Å². The van der Waals surface area contributed by atoms with Crippen molar-refractivity contribution in [2.75, 3.05) is 5.88 Å². The molecular formula is C15H24ClN3O. The highest BCUT2D eigenvalue weighted by atomic mass is 35.5. The molecule has 0 saturated heterocycles. The second kappa shape index (κ2) is 5.76. The van der Waals surface area contributed by atoms with Crippen LogP contribution in [0.1, 0.15) is 54.4 Å². The molecule has 1 heterocycles. The summed E-state index contributed by atoms with van der Waals surface area (Å²) in [5, 5.41) is 7.51. The number of aryl methyl sites for hydroxylation is 2. The van der Waals surface area contributed by atoms with E-state index in [0.717, 1.165) is 30.7 Å². The fraction of sp³-hybridized carbons (Fsp3) is 0.733. The number of halogens is 1. The van der Waals surface area contributed by atoms with E-state index in [2.05, 4.69) is 17.3 Å². The Hall–Kier alpha value is -1.03. The number of nitrogens with zero attached hydrogens (tertiary/aromatic N) is 2. The van der Waals surface area contributed by atoms with Crippen LogP contribution in [0.15, 0.2) is 0 Å². The minimum Gasteiger partial charge on any atom is -0.345 e. The number of hydrogen-bond acceptors (Lipinski definition) is 2. The third-order valence-electron chi connectivity index (χ3n) is 4.46. The van der Waals surface area contributed by atoms with Crippen LogP contribution in [0.25, 0.3) is 0 Å². The minimum absolute atomic E-state index is 0.0390. The van der Waals surface area contributed by atoms with E-state index in [0.29, 0.717) is 17.4 Å². The summed E-state index contributed by atoms with van der Waals surface area (Å²) in [6.45, 7) is 6.03. The average molecular weight is 298 g/mol. The van der Waals surface area contributed by atoms with Gasteiger partial charge >= 0.3 is 0 Å². The number of nitrogens with one attached hydrogen (secondary N) is 1. The number of aromatic nitrogens is 2. The summed E-state index contributed by atoms with van der Waals surface area (Å²) >= 11 is 6.18. The normalized spacial score (nSPS) is 26.6. The molecule has 1 aliphatic carbocycles. The maximum absolute atomic E-state index is 12.6. The van der Waals surface area contributed by atoms with Gasteiger partial charge in [-0.2, -0.15) is 5.10 Å². The summed E-state index contributed by atoms with van der Waals surface area (Å²) in [7, 11) is 1.86. The van der Waals surface area contributed by atoms with Crippen LogP contribution >= 0.6 is 11.6 Å². The number of alkyl halides is 1. The Labute approximate surface area is 125 Å². The Morgan fingerprint density at radius 3 is 2.75 bits per heavy atom.